The average Bonchev–Trinajstić information content (AvgIpc) is 2.69. The third-order valence-corrected chi connectivity index (χ3v) is 4.01. The van der Waals surface area contributed by atoms with E-state index in [9.17, 15) is 5.11 Å². The smallest absolute Gasteiger partial charge is 0.140 e. The normalized spacial score (nSPS) is 19.2. The summed E-state index contributed by atoms with van der Waals surface area (Å²) in [5.74, 6) is 1.51. The van der Waals surface area contributed by atoms with Crippen LogP contribution in [0.5, 0.6) is 0 Å². The Morgan fingerprint density at radius 3 is 2.65 bits per heavy atom. The summed E-state index contributed by atoms with van der Waals surface area (Å²) >= 11 is 0. The predicted molar refractivity (Wildman–Crippen MR) is 79.2 cm³/mol. The number of aliphatic hydroxyl groups is 1. The van der Waals surface area contributed by atoms with Crippen molar-refractivity contribution in [3.8, 4) is 0 Å². The molecule has 114 valence electrons. The first-order valence-electron chi connectivity index (χ1n) is 7.89. The summed E-state index contributed by atoms with van der Waals surface area (Å²) in [4.78, 5) is 4.30. The van der Waals surface area contributed by atoms with Gasteiger partial charge in [0.05, 0.1) is 12.1 Å². The maximum Gasteiger partial charge on any atom is 0.140 e. The number of nitrogens with zero attached hydrogens (tertiary/aromatic N) is 3. The molecule has 0 spiro atoms. The van der Waals surface area contributed by atoms with Crippen LogP contribution in [0.25, 0.3) is 0 Å². The summed E-state index contributed by atoms with van der Waals surface area (Å²) in [7, 11) is 0. The van der Waals surface area contributed by atoms with E-state index < -0.39 is 5.60 Å². The van der Waals surface area contributed by atoms with Gasteiger partial charge in [0.15, 0.2) is 0 Å². The summed E-state index contributed by atoms with van der Waals surface area (Å²) in [6.07, 6.45) is 8.23. The minimum atomic E-state index is -0.528. The molecule has 1 heterocycles. The Labute approximate surface area is 121 Å². The number of aromatic nitrogens is 3. The molecule has 1 aliphatic rings. The number of rotatable bonds is 6. The maximum atomic E-state index is 10.6. The molecular weight excluding hydrogens is 252 g/mol. The third-order valence-electron chi connectivity index (χ3n) is 4.01. The molecule has 20 heavy (non-hydrogen) atoms. The lowest BCUT2D eigenvalue weighted by Gasteiger charge is -2.26. The van der Waals surface area contributed by atoms with Crippen molar-refractivity contribution in [3.63, 3.8) is 0 Å². The van der Waals surface area contributed by atoms with E-state index in [4.69, 9.17) is 0 Å². The Morgan fingerprint density at radius 1 is 1.30 bits per heavy atom. The fourth-order valence-electron chi connectivity index (χ4n) is 2.89. The van der Waals surface area contributed by atoms with Crippen molar-refractivity contribution in [2.45, 2.75) is 71.1 Å². The Morgan fingerprint density at radius 2 is 2.00 bits per heavy atom. The Hall–Kier alpha value is -0.940. The van der Waals surface area contributed by atoms with Gasteiger partial charge in [-0.05, 0) is 18.8 Å². The zero-order valence-electron chi connectivity index (χ0n) is 12.8. The van der Waals surface area contributed by atoms with E-state index in [0.29, 0.717) is 19.0 Å². The molecule has 1 saturated carbocycles. The van der Waals surface area contributed by atoms with Gasteiger partial charge in [0.1, 0.15) is 12.2 Å². The van der Waals surface area contributed by atoms with Gasteiger partial charge in [0, 0.05) is 13.1 Å². The molecule has 0 amide bonds. The quantitative estimate of drug-likeness (QED) is 0.783. The largest absolute Gasteiger partial charge is 0.389 e. The van der Waals surface area contributed by atoms with Crippen LogP contribution in [-0.2, 0) is 13.1 Å². The van der Waals surface area contributed by atoms with Crippen molar-refractivity contribution in [1.82, 2.24) is 20.1 Å². The average molecular weight is 280 g/mol. The second-order valence-electron chi connectivity index (χ2n) is 6.49. The molecule has 1 aromatic rings. The molecule has 1 aromatic heterocycles. The van der Waals surface area contributed by atoms with Crippen LogP contribution in [0.4, 0.5) is 0 Å². The number of nitrogens with one attached hydrogen (secondary N) is 1. The monoisotopic (exact) mass is 280 g/mol. The van der Waals surface area contributed by atoms with E-state index in [0.717, 1.165) is 38.1 Å². The first-order valence-corrected chi connectivity index (χ1v) is 7.89. The first kappa shape index (κ1) is 15.4. The second-order valence-corrected chi connectivity index (χ2v) is 6.49. The lowest BCUT2D eigenvalue weighted by atomic mass is 9.94. The van der Waals surface area contributed by atoms with Gasteiger partial charge in [0.25, 0.3) is 0 Å². The van der Waals surface area contributed by atoms with Crippen LogP contribution in [0.1, 0.15) is 58.2 Å². The van der Waals surface area contributed by atoms with Crippen LogP contribution in [-0.4, -0.2) is 32.0 Å². The highest BCUT2D eigenvalue weighted by Crippen LogP contribution is 2.26. The van der Waals surface area contributed by atoms with E-state index in [1.165, 1.54) is 12.8 Å². The Kier molecular flexibility index (Phi) is 5.54. The molecule has 5 heteroatoms. The highest BCUT2D eigenvalue weighted by atomic mass is 16.3. The van der Waals surface area contributed by atoms with Crippen LogP contribution < -0.4 is 5.32 Å². The van der Waals surface area contributed by atoms with E-state index >= 15 is 0 Å². The predicted octanol–water partition coefficient (Wildman–Crippen LogP) is 2.11. The van der Waals surface area contributed by atoms with Crippen LogP contribution in [0, 0.1) is 5.92 Å². The zero-order valence-corrected chi connectivity index (χ0v) is 12.8. The van der Waals surface area contributed by atoms with Crippen LogP contribution >= 0.6 is 0 Å². The highest BCUT2D eigenvalue weighted by Gasteiger charge is 2.27. The van der Waals surface area contributed by atoms with E-state index in [1.807, 2.05) is 4.68 Å². The van der Waals surface area contributed by atoms with E-state index in [1.54, 1.807) is 6.33 Å². The van der Waals surface area contributed by atoms with E-state index in [-0.39, 0.29) is 0 Å². The SMILES string of the molecule is CC(C)Cn1ncnc1CNCC1(O)CCCCCC1. The lowest BCUT2D eigenvalue weighted by Crippen LogP contribution is -2.40. The summed E-state index contributed by atoms with van der Waals surface area (Å²) in [5.41, 5.74) is -0.528. The summed E-state index contributed by atoms with van der Waals surface area (Å²) in [6, 6.07) is 0. The number of hydrogen-bond donors (Lipinski definition) is 2. The van der Waals surface area contributed by atoms with Gasteiger partial charge in [-0.1, -0.05) is 39.5 Å². The minimum Gasteiger partial charge on any atom is -0.389 e. The first-order chi connectivity index (χ1) is 9.59. The molecule has 0 atom stereocenters. The van der Waals surface area contributed by atoms with Crippen LogP contribution in [0.2, 0.25) is 0 Å². The molecule has 2 N–H and O–H groups in total. The third kappa shape index (κ3) is 4.56. The zero-order chi connectivity index (χ0) is 14.4. The van der Waals surface area contributed by atoms with Crippen LogP contribution in [0.3, 0.4) is 0 Å². The molecule has 2 rings (SSSR count). The topological polar surface area (TPSA) is 63.0 Å². The van der Waals surface area contributed by atoms with Crippen LogP contribution in [0.15, 0.2) is 6.33 Å². The fourth-order valence-corrected chi connectivity index (χ4v) is 2.89. The molecule has 0 aromatic carbocycles. The molecule has 0 aliphatic heterocycles. The van der Waals surface area contributed by atoms with Gasteiger partial charge in [-0.2, -0.15) is 5.10 Å². The van der Waals surface area contributed by atoms with Crippen molar-refractivity contribution < 1.29 is 5.11 Å². The van der Waals surface area contributed by atoms with Crippen molar-refractivity contribution in [1.29, 1.82) is 0 Å². The van der Waals surface area contributed by atoms with Gasteiger partial charge >= 0.3 is 0 Å². The van der Waals surface area contributed by atoms with Gasteiger partial charge in [-0.3, -0.25) is 0 Å². The van der Waals surface area contributed by atoms with Crippen molar-refractivity contribution in [3.05, 3.63) is 12.2 Å². The maximum absolute atomic E-state index is 10.6. The van der Waals surface area contributed by atoms with Crippen molar-refractivity contribution in [2.75, 3.05) is 6.54 Å². The van der Waals surface area contributed by atoms with Gasteiger partial charge in [-0.25, -0.2) is 9.67 Å². The van der Waals surface area contributed by atoms with E-state index in [2.05, 4.69) is 29.2 Å². The Bertz CT molecular complexity index is 394. The van der Waals surface area contributed by atoms with Crippen molar-refractivity contribution >= 4 is 0 Å². The summed E-state index contributed by atoms with van der Waals surface area (Å²) < 4.78 is 1.95. The second kappa shape index (κ2) is 7.18. The molecule has 0 radical (unpaired) electrons. The molecule has 1 fully saturated rings. The van der Waals surface area contributed by atoms with Gasteiger partial charge in [0.2, 0.25) is 0 Å². The molecule has 0 bridgehead atoms. The number of hydrogen-bond acceptors (Lipinski definition) is 4. The van der Waals surface area contributed by atoms with Gasteiger partial charge < -0.3 is 10.4 Å². The highest BCUT2D eigenvalue weighted by molar-refractivity contribution is 4.88. The standard InChI is InChI=1S/C15H28N4O/c1-13(2)10-19-14(17-12-18-19)9-16-11-15(20)7-5-3-4-6-8-15/h12-13,16,20H,3-11H2,1-2H3. The lowest BCUT2D eigenvalue weighted by molar-refractivity contribution is 0.0248. The fraction of sp³-hybridized carbons (Fsp3) is 0.867. The Balaban J connectivity index is 1.81. The molecule has 0 saturated heterocycles. The molecular formula is C15H28N4O. The minimum absolute atomic E-state index is 0.528. The molecule has 1 aliphatic carbocycles. The molecule has 0 unspecified atom stereocenters. The van der Waals surface area contributed by atoms with Crippen molar-refractivity contribution in [2.24, 2.45) is 5.92 Å². The summed E-state index contributed by atoms with van der Waals surface area (Å²) in [6.45, 7) is 6.57. The van der Waals surface area contributed by atoms with Gasteiger partial charge in [-0.15, -0.1) is 0 Å². The molecule has 5 nitrogen and oxygen atoms in total. The summed E-state index contributed by atoms with van der Waals surface area (Å²) in [5, 5.41) is 18.2.